The van der Waals surface area contributed by atoms with E-state index in [1.807, 2.05) is 30.3 Å². The quantitative estimate of drug-likeness (QED) is 0.579. The molecule has 1 N–H and O–H groups in total. The van der Waals surface area contributed by atoms with E-state index in [9.17, 15) is 4.79 Å². The lowest BCUT2D eigenvalue weighted by Crippen LogP contribution is -2.01. The van der Waals surface area contributed by atoms with Gasteiger partial charge >= 0.3 is 0 Å². The molecule has 7 nitrogen and oxygen atoms in total. The molecular formula is C18H14N6O. The first-order valence-corrected chi connectivity index (χ1v) is 7.70. The van der Waals surface area contributed by atoms with Gasteiger partial charge in [0.25, 0.3) is 0 Å². The van der Waals surface area contributed by atoms with Crippen LogP contribution >= 0.6 is 0 Å². The van der Waals surface area contributed by atoms with Gasteiger partial charge in [0.15, 0.2) is 17.2 Å². The average molecular weight is 330 g/mol. The van der Waals surface area contributed by atoms with Crippen LogP contribution in [0.4, 0.5) is 11.5 Å². The van der Waals surface area contributed by atoms with Gasteiger partial charge in [-0.15, -0.1) is 0 Å². The zero-order valence-electron chi connectivity index (χ0n) is 13.4. The standard InChI is InChI=1S/C18H14N6O/c1-12(25)13-5-4-6-14(9-13)23-17-15-10-22-24(18(15)21-11-20-17)16-7-2-3-8-19-16/h2-11H,1H3,(H,20,21,23). The molecule has 0 unspecified atom stereocenters. The van der Waals surface area contributed by atoms with E-state index in [-0.39, 0.29) is 5.78 Å². The normalized spacial score (nSPS) is 10.8. The molecule has 0 saturated carbocycles. The molecular weight excluding hydrogens is 316 g/mol. The second-order valence-electron chi connectivity index (χ2n) is 5.47. The Labute approximate surface area is 143 Å². The SMILES string of the molecule is CC(=O)c1cccc(Nc2ncnc3c2cnn3-c2ccccn2)c1. The molecule has 7 heteroatoms. The second kappa shape index (κ2) is 6.12. The highest BCUT2D eigenvalue weighted by atomic mass is 16.1. The maximum Gasteiger partial charge on any atom is 0.170 e. The average Bonchev–Trinajstić information content (AvgIpc) is 3.08. The summed E-state index contributed by atoms with van der Waals surface area (Å²) in [5.41, 5.74) is 2.07. The van der Waals surface area contributed by atoms with E-state index < -0.39 is 0 Å². The Hall–Kier alpha value is -3.61. The minimum absolute atomic E-state index is 0.0134. The van der Waals surface area contributed by atoms with E-state index in [2.05, 4.69) is 25.4 Å². The number of hydrogen-bond donors (Lipinski definition) is 1. The van der Waals surface area contributed by atoms with Crippen molar-refractivity contribution >= 4 is 28.3 Å². The van der Waals surface area contributed by atoms with Gasteiger partial charge in [0.1, 0.15) is 12.1 Å². The van der Waals surface area contributed by atoms with Crippen molar-refractivity contribution < 1.29 is 4.79 Å². The topological polar surface area (TPSA) is 85.6 Å². The van der Waals surface area contributed by atoms with Crippen molar-refractivity contribution in [2.75, 3.05) is 5.32 Å². The summed E-state index contributed by atoms with van der Waals surface area (Å²) in [5.74, 6) is 1.31. The molecule has 0 aliphatic heterocycles. The summed E-state index contributed by atoms with van der Waals surface area (Å²) in [6.45, 7) is 1.54. The predicted octanol–water partition coefficient (Wildman–Crippen LogP) is 3.16. The fourth-order valence-corrected chi connectivity index (χ4v) is 2.54. The number of carbonyl (C=O) groups is 1. The monoisotopic (exact) mass is 330 g/mol. The fourth-order valence-electron chi connectivity index (χ4n) is 2.54. The van der Waals surface area contributed by atoms with E-state index in [1.165, 1.54) is 6.33 Å². The smallest absolute Gasteiger partial charge is 0.170 e. The highest BCUT2D eigenvalue weighted by molar-refractivity contribution is 5.95. The van der Waals surface area contributed by atoms with Crippen LogP contribution in [0.3, 0.4) is 0 Å². The second-order valence-corrected chi connectivity index (χ2v) is 5.47. The molecule has 1 aromatic carbocycles. The van der Waals surface area contributed by atoms with Crippen molar-refractivity contribution in [2.45, 2.75) is 6.92 Å². The van der Waals surface area contributed by atoms with Crippen molar-refractivity contribution in [3.63, 3.8) is 0 Å². The Kier molecular flexibility index (Phi) is 3.66. The predicted molar refractivity (Wildman–Crippen MR) is 94.2 cm³/mol. The van der Waals surface area contributed by atoms with Gasteiger partial charge in [-0.2, -0.15) is 9.78 Å². The molecule has 25 heavy (non-hydrogen) atoms. The Morgan fingerprint density at radius 1 is 1.08 bits per heavy atom. The number of benzene rings is 1. The third-order valence-electron chi connectivity index (χ3n) is 3.76. The van der Waals surface area contributed by atoms with Gasteiger partial charge < -0.3 is 5.32 Å². The lowest BCUT2D eigenvalue weighted by Gasteiger charge is -2.07. The van der Waals surface area contributed by atoms with Gasteiger partial charge in [-0.3, -0.25) is 4.79 Å². The van der Waals surface area contributed by atoms with Crippen LogP contribution in [0.2, 0.25) is 0 Å². The van der Waals surface area contributed by atoms with E-state index in [4.69, 9.17) is 0 Å². The number of hydrogen-bond acceptors (Lipinski definition) is 6. The van der Waals surface area contributed by atoms with E-state index in [0.717, 1.165) is 11.1 Å². The van der Waals surface area contributed by atoms with E-state index >= 15 is 0 Å². The van der Waals surface area contributed by atoms with Gasteiger partial charge in [-0.1, -0.05) is 18.2 Å². The first-order chi connectivity index (χ1) is 12.2. The van der Waals surface area contributed by atoms with Gasteiger partial charge in [-0.25, -0.2) is 15.0 Å². The van der Waals surface area contributed by atoms with Crippen LogP contribution in [-0.2, 0) is 0 Å². The van der Waals surface area contributed by atoms with Crippen LogP contribution in [0, 0.1) is 0 Å². The third kappa shape index (κ3) is 2.83. The Morgan fingerprint density at radius 3 is 2.80 bits per heavy atom. The molecule has 0 aliphatic rings. The lowest BCUT2D eigenvalue weighted by atomic mass is 10.1. The number of pyridine rings is 1. The van der Waals surface area contributed by atoms with Crippen LogP contribution < -0.4 is 5.32 Å². The first-order valence-electron chi connectivity index (χ1n) is 7.70. The molecule has 3 heterocycles. The zero-order valence-corrected chi connectivity index (χ0v) is 13.4. The summed E-state index contributed by atoms with van der Waals surface area (Å²) >= 11 is 0. The number of ketones is 1. The maximum absolute atomic E-state index is 11.5. The molecule has 0 bridgehead atoms. The molecule has 4 aromatic rings. The highest BCUT2D eigenvalue weighted by Gasteiger charge is 2.12. The minimum Gasteiger partial charge on any atom is -0.339 e. The molecule has 3 aromatic heterocycles. The zero-order chi connectivity index (χ0) is 17.2. The molecule has 0 radical (unpaired) electrons. The Balaban J connectivity index is 1.75. The van der Waals surface area contributed by atoms with Crippen LogP contribution in [0.15, 0.2) is 61.2 Å². The molecule has 0 saturated heterocycles. The molecule has 4 rings (SSSR count). The van der Waals surface area contributed by atoms with Gasteiger partial charge in [0, 0.05) is 17.4 Å². The largest absolute Gasteiger partial charge is 0.339 e. The molecule has 0 amide bonds. The lowest BCUT2D eigenvalue weighted by molar-refractivity contribution is 0.101. The van der Waals surface area contributed by atoms with Gasteiger partial charge in [-0.05, 0) is 31.2 Å². The van der Waals surface area contributed by atoms with Crippen molar-refractivity contribution in [3.8, 4) is 5.82 Å². The van der Waals surface area contributed by atoms with E-state index in [1.54, 1.807) is 36.1 Å². The Bertz CT molecular complexity index is 1060. The van der Waals surface area contributed by atoms with E-state index in [0.29, 0.717) is 22.8 Å². The number of fused-ring (bicyclic) bond motifs is 1. The molecule has 0 atom stereocenters. The summed E-state index contributed by atoms with van der Waals surface area (Å²) < 4.78 is 1.66. The fraction of sp³-hybridized carbons (Fsp3) is 0.0556. The number of nitrogens with one attached hydrogen (secondary N) is 1. The number of carbonyl (C=O) groups excluding carboxylic acids is 1. The number of Topliss-reactive ketones (excluding diaryl/α,β-unsaturated/α-hetero) is 1. The summed E-state index contributed by atoms with van der Waals surface area (Å²) in [4.78, 5) is 24.5. The van der Waals surface area contributed by atoms with Crippen LogP contribution in [-0.4, -0.2) is 30.5 Å². The van der Waals surface area contributed by atoms with Crippen molar-refractivity contribution in [2.24, 2.45) is 0 Å². The summed E-state index contributed by atoms with van der Waals surface area (Å²) in [5, 5.41) is 8.37. The van der Waals surface area contributed by atoms with Crippen molar-refractivity contribution in [3.05, 3.63) is 66.7 Å². The van der Waals surface area contributed by atoms with Crippen LogP contribution in [0.25, 0.3) is 16.9 Å². The van der Waals surface area contributed by atoms with Gasteiger partial charge in [0.2, 0.25) is 0 Å². The number of aromatic nitrogens is 5. The van der Waals surface area contributed by atoms with Crippen LogP contribution in [0.5, 0.6) is 0 Å². The van der Waals surface area contributed by atoms with Crippen LogP contribution in [0.1, 0.15) is 17.3 Å². The number of anilines is 2. The number of rotatable bonds is 4. The number of nitrogens with zero attached hydrogens (tertiary/aromatic N) is 5. The summed E-state index contributed by atoms with van der Waals surface area (Å²) in [6, 6.07) is 12.9. The van der Waals surface area contributed by atoms with Crippen molar-refractivity contribution in [1.82, 2.24) is 24.7 Å². The summed E-state index contributed by atoms with van der Waals surface area (Å²) in [7, 11) is 0. The third-order valence-corrected chi connectivity index (χ3v) is 3.76. The Morgan fingerprint density at radius 2 is 2.00 bits per heavy atom. The highest BCUT2D eigenvalue weighted by Crippen LogP contribution is 2.24. The minimum atomic E-state index is 0.0134. The first kappa shape index (κ1) is 14.9. The summed E-state index contributed by atoms with van der Waals surface area (Å²) in [6.07, 6.45) is 4.87. The molecule has 0 spiro atoms. The van der Waals surface area contributed by atoms with Gasteiger partial charge in [0.05, 0.1) is 11.6 Å². The molecule has 122 valence electrons. The molecule has 0 fully saturated rings. The molecule has 0 aliphatic carbocycles. The maximum atomic E-state index is 11.5. The van der Waals surface area contributed by atoms with Crippen molar-refractivity contribution in [1.29, 1.82) is 0 Å².